The van der Waals surface area contributed by atoms with Crippen molar-refractivity contribution in [1.29, 1.82) is 0 Å². The average molecular weight is 276 g/mol. The molecule has 0 bridgehead atoms. The van der Waals surface area contributed by atoms with Crippen molar-refractivity contribution in [3.8, 4) is 0 Å². The molecule has 2 unspecified atom stereocenters. The SMILES string of the molecule is COCCN(CC(CN)c1ccccc1)C(C)C1CC1. The first-order chi connectivity index (χ1) is 9.76. The Hall–Kier alpha value is -0.900. The smallest absolute Gasteiger partial charge is 0.0589 e. The fourth-order valence-electron chi connectivity index (χ4n) is 2.87. The molecule has 1 aromatic rings. The van der Waals surface area contributed by atoms with Crippen molar-refractivity contribution in [1.82, 2.24) is 4.90 Å². The van der Waals surface area contributed by atoms with E-state index in [9.17, 15) is 0 Å². The van der Waals surface area contributed by atoms with Crippen LogP contribution in [0.4, 0.5) is 0 Å². The summed E-state index contributed by atoms with van der Waals surface area (Å²) in [5.41, 5.74) is 7.36. The normalized spacial score (nSPS) is 18.2. The van der Waals surface area contributed by atoms with Crippen molar-refractivity contribution in [3.05, 3.63) is 35.9 Å². The molecule has 2 N–H and O–H groups in total. The Morgan fingerprint density at radius 2 is 2.00 bits per heavy atom. The molecule has 3 heteroatoms. The molecule has 112 valence electrons. The largest absolute Gasteiger partial charge is 0.383 e. The highest BCUT2D eigenvalue weighted by Crippen LogP contribution is 2.35. The van der Waals surface area contributed by atoms with Crippen LogP contribution in [0.25, 0.3) is 0 Å². The second-order valence-electron chi connectivity index (χ2n) is 5.91. The van der Waals surface area contributed by atoms with E-state index in [0.717, 1.165) is 25.6 Å². The van der Waals surface area contributed by atoms with Crippen LogP contribution in [-0.2, 0) is 4.74 Å². The molecule has 1 aromatic carbocycles. The summed E-state index contributed by atoms with van der Waals surface area (Å²) in [6.07, 6.45) is 2.76. The lowest BCUT2D eigenvalue weighted by Gasteiger charge is -2.32. The first kappa shape index (κ1) is 15.5. The molecule has 20 heavy (non-hydrogen) atoms. The van der Waals surface area contributed by atoms with Gasteiger partial charge in [-0.3, -0.25) is 4.90 Å². The third-order valence-electron chi connectivity index (χ3n) is 4.47. The summed E-state index contributed by atoms with van der Waals surface area (Å²) in [4.78, 5) is 2.56. The van der Waals surface area contributed by atoms with Gasteiger partial charge in [0, 0.05) is 38.7 Å². The van der Waals surface area contributed by atoms with E-state index >= 15 is 0 Å². The van der Waals surface area contributed by atoms with Crippen LogP contribution in [0.5, 0.6) is 0 Å². The third kappa shape index (κ3) is 4.30. The molecule has 0 saturated heterocycles. The molecule has 0 amide bonds. The predicted octanol–water partition coefficient (Wildman–Crippen LogP) is 2.48. The van der Waals surface area contributed by atoms with Crippen LogP contribution < -0.4 is 5.73 Å². The molecule has 1 saturated carbocycles. The summed E-state index contributed by atoms with van der Waals surface area (Å²) in [6.45, 7) is 5.87. The second-order valence-corrected chi connectivity index (χ2v) is 5.91. The van der Waals surface area contributed by atoms with Crippen molar-refractivity contribution in [2.45, 2.75) is 31.7 Å². The van der Waals surface area contributed by atoms with E-state index in [1.807, 2.05) is 0 Å². The molecule has 0 aromatic heterocycles. The average Bonchev–Trinajstić information content (AvgIpc) is 3.32. The number of ether oxygens (including phenoxy) is 1. The van der Waals surface area contributed by atoms with Gasteiger partial charge < -0.3 is 10.5 Å². The van der Waals surface area contributed by atoms with Crippen LogP contribution in [0.3, 0.4) is 0 Å². The lowest BCUT2D eigenvalue weighted by atomic mass is 9.97. The van der Waals surface area contributed by atoms with E-state index in [0.29, 0.717) is 18.5 Å². The molecule has 2 atom stereocenters. The van der Waals surface area contributed by atoms with Gasteiger partial charge >= 0.3 is 0 Å². The fraction of sp³-hybridized carbons (Fsp3) is 0.647. The predicted molar refractivity (Wildman–Crippen MR) is 83.9 cm³/mol. The van der Waals surface area contributed by atoms with Crippen LogP contribution in [0.1, 0.15) is 31.2 Å². The molecule has 1 aliphatic carbocycles. The monoisotopic (exact) mass is 276 g/mol. The molecule has 2 rings (SSSR count). The van der Waals surface area contributed by atoms with Gasteiger partial charge in [-0.05, 0) is 31.2 Å². The van der Waals surface area contributed by atoms with E-state index in [1.165, 1.54) is 18.4 Å². The van der Waals surface area contributed by atoms with Gasteiger partial charge in [0.25, 0.3) is 0 Å². The fourth-order valence-corrected chi connectivity index (χ4v) is 2.87. The molecular formula is C17H28N2O. The highest BCUT2D eigenvalue weighted by molar-refractivity contribution is 5.20. The van der Waals surface area contributed by atoms with Crippen molar-refractivity contribution in [2.75, 3.05) is 33.4 Å². The maximum atomic E-state index is 6.02. The van der Waals surface area contributed by atoms with Gasteiger partial charge in [0.15, 0.2) is 0 Å². The van der Waals surface area contributed by atoms with E-state index in [1.54, 1.807) is 7.11 Å². The van der Waals surface area contributed by atoms with Crippen LogP contribution in [0.15, 0.2) is 30.3 Å². The zero-order valence-corrected chi connectivity index (χ0v) is 12.8. The Morgan fingerprint density at radius 3 is 2.55 bits per heavy atom. The third-order valence-corrected chi connectivity index (χ3v) is 4.47. The van der Waals surface area contributed by atoms with Crippen LogP contribution in [0, 0.1) is 5.92 Å². The number of rotatable bonds is 9. The molecule has 1 aliphatic rings. The lowest BCUT2D eigenvalue weighted by molar-refractivity contribution is 0.112. The minimum Gasteiger partial charge on any atom is -0.383 e. The van der Waals surface area contributed by atoms with Gasteiger partial charge in [-0.2, -0.15) is 0 Å². The Labute approximate surface area is 123 Å². The highest BCUT2D eigenvalue weighted by Gasteiger charge is 2.32. The standard InChI is InChI=1S/C17H28N2O/c1-14(15-8-9-15)19(10-11-20-2)13-17(12-18)16-6-4-3-5-7-16/h3-7,14-15,17H,8-13,18H2,1-2H3. The number of nitrogens with zero attached hydrogens (tertiary/aromatic N) is 1. The molecule has 0 heterocycles. The lowest BCUT2D eigenvalue weighted by Crippen LogP contribution is -2.41. The van der Waals surface area contributed by atoms with Crippen LogP contribution in [-0.4, -0.2) is 44.3 Å². The van der Waals surface area contributed by atoms with Gasteiger partial charge in [-0.15, -0.1) is 0 Å². The summed E-state index contributed by atoms with van der Waals surface area (Å²) in [6, 6.07) is 11.3. The maximum absolute atomic E-state index is 6.02. The van der Waals surface area contributed by atoms with Gasteiger partial charge in [0.1, 0.15) is 0 Å². The summed E-state index contributed by atoms with van der Waals surface area (Å²) in [5, 5.41) is 0. The Kier molecular flexibility index (Phi) is 6.02. The van der Waals surface area contributed by atoms with Gasteiger partial charge in [0.05, 0.1) is 6.61 Å². The zero-order valence-electron chi connectivity index (χ0n) is 12.8. The van der Waals surface area contributed by atoms with Gasteiger partial charge in [-0.25, -0.2) is 0 Å². The van der Waals surface area contributed by atoms with Gasteiger partial charge in [-0.1, -0.05) is 30.3 Å². The molecule has 3 nitrogen and oxygen atoms in total. The highest BCUT2D eigenvalue weighted by atomic mass is 16.5. The van der Waals surface area contributed by atoms with Crippen molar-refractivity contribution in [2.24, 2.45) is 11.7 Å². The minimum absolute atomic E-state index is 0.411. The first-order valence-electron chi connectivity index (χ1n) is 7.74. The quantitative estimate of drug-likeness (QED) is 0.753. The van der Waals surface area contributed by atoms with Gasteiger partial charge in [0.2, 0.25) is 0 Å². The van der Waals surface area contributed by atoms with Crippen molar-refractivity contribution in [3.63, 3.8) is 0 Å². The molecule has 0 aliphatic heterocycles. The molecule has 1 fully saturated rings. The summed E-state index contributed by atoms with van der Waals surface area (Å²) < 4.78 is 5.27. The summed E-state index contributed by atoms with van der Waals surface area (Å²) >= 11 is 0. The second kappa shape index (κ2) is 7.77. The van der Waals surface area contributed by atoms with Crippen LogP contribution >= 0.6 is 0 Å². The number of hydrogen-bond acceptors (Lipinski definition) is 3. The first-order valence-corrected chi connectivity index (χ1v) is 7.74. The number of hydrogen-bond donors (Lipinski definition) is 1. The maximum Gasteiger partial charge on any atom is 0.0589 e. The Bertz CT molecular complexity index is 378. The van der Waals surface area contributed by atoms with E-state index in [-0.39, 0.29) is 0 Å². The van der Waals surface area contributed by atoms with Crippen molar-refractivity contribution < 1.29 is 4.74 Å². The number of benzene rings is 1. The molecule has 0 radical (unpaired) electrons. The number of methoxy groups -OCH3 is 1. The van der Waals surface area contributed by atoms with Crippen LogP contribution in [0.2, 0.25) is 0 Å². The van der Waals surface area contributed by atoms with Crippen molar-refractivity contribution >= 4 is 0 Å². The minimum atomic E-state index is 0.411. The Morgan fingerprint density at radius 1 is 1.30 bits per heavy atom. The van der Waals surface area contributed by atoms with E-state index in [2.05, 4.69) is 42.2 Å². The zero-order chi connectivity index (χ0) is 14.4. The number of nitrogens with two attached hydrogens (primary N) is 1. The van der Waals surface area contributed by atoms with E-state index in [4.69, 9.17) is 10.5 Å². The summed E-state index contributed by atoms with van der Waals surface area (Å²) in [5.74, 6) is 1.29. The molecule has 0 spiro atoms. The Balaban J connectivity index is 2.00. The summed E-state index contributed by atoms with van der Waals surface area (Å²) in [7, 11) is 1.78. The molecular weight excluding hydrogens is 248 g/mol. The topological polar surface area (TPSA) is 38.5 Å². The van der Waals surface area contributed by atoms with E-state index < -0.39 is 0 Å².